The molecule has 20 heavy (non-hydrogen) atoms. The van der Waals surface area contributed by atoms with E-state index < -0.39 is 36.5 Å². The van der Waals surface area contributed by atoms with Crippen LogP contribution >= 0.6 is 11.8 Å². The molecule has 0 bridgehead atoms. The van der Waals surface area contributed by atoms with Gasteiger partial charge in [0.05, 0.1) is 6.61 Å². The number of nitrogen functional groups attached to an aromatic ring is 1. The van der Waals surface area contributed by atoms with Crippen molar-refractivity contribution in [1.82, 2.24) is 0 Å². The Labute approximate surface area is 121 Å². The van der Waals surface area contributed by atoms with Crippen LogP contribution in [0.1, 0.15) is 5.56 Å². The summed E-state index contributed by atoms with van der Waals surface area (Å²) in [5.41, 5.74) is 6.57. The zero-order chi connectivity index (χ0) is 14.7. The normalized spacial score (nSPS) is 34.1. The summed E-state index contributed by atoms with van der Waals surface area (Å²) in [7, 11) is 0. The number of thioether (sulfide) groups is 1. The number of rotatable bonds is 4. The van der Waals surface area contributed by atoms with Gasteiger partial charge in [0.2, 0.25) is 0 Å². The van der Waals surface area contributed by atoms with Crippen LogP contribution in [-0.4, -0.2) is 56.9 Å². The molecule has 1 saturated heterocycles. The van der Waals surface area contributed by atoms with E-state index >= 15 is 0 Å². The highest BCUT2D eigenvalue weighted by molar-refractivity contribution is 7.99. The van der Waals surface area contributed by atoms with Gasteiger partial charge in [-0.05, 0) is 17.7 Å². The number of benzene rings is 1. The molecule has 1 aliphatic rings. The minimum atomic E-state index is -1.33. The Bertz CT molecular complexity index is 427. The van der Waals surface area contributed by atoms with E-state index in [1.165, 1.54) is 11.8 Å². The molecule has 7 heteroatoms. The predicted molar refractivity (Wildman–Crippen MR) is 75.9 cm³/mol. The number of aliphatic hydroxyl groups excluding tert-OH is 4. The third kappa shape index (κ3) is 3.43. The van der Waals surface area contributed by atoms with Crippen LogP contribution in [0.5, 0.6) is 0 Å². The summed E-state index contributed by atoms with van der Waals surface area (Å²) in [5.74, 6) is 0.559. The molecule has 1 fully saturated rings. The Hall–Kier alpha value is -0.830. The standard InChI is InChI=1S/C13H19NO5S/c14-8-3-1-7(2-4-8)6-20-13-12(18)11(17)10(16)9(5-15)19-13/h1-4,9-13,15-18H,5-6,14H2/t9-,10+,11+,12+,13-/m1/s1. The first kappa shape index (κ1) is 15.6. The van der Waals surface area contributed by atoms with Crippen LogP contribution in [0.4, 0.5) is 5.69 Å². The molecule has 1 heterocycles. The van der Waals surface area contributed by atoms with E-state index in [1.807, 2.05) is 12.1 Å². The van der Waals surface area contributed by atoms with Crippen LogP contribution in [0.2, 0.25) is 0 Å². The quantitative estimate of drug-likeness (QED) is 0.467. The van der Waals surface area contributed by atoms with E-state index in [1.54, 1.807) is 12.1 Å². The number of aliphatic hydroxyl groups is 4. The minimum absolute atomic E-state index is 0.413. The van der Waals surface area contributed by atoms with Crippen molar-refractivity contribution in [3.05, 3.63) is 29.8 Å². The lowest BCUT2D eigenvalue weighted by molar-refractivity contribution is -0.205. The van der Waals surface area contributed by atoms with Crippen LogP contribution in [0.25, 0.3) is 0 Å². The predicted octanol–water partition coefficient (Wildman–Crippen LogP) is -0.698. The maximum absolute atomic E-state index is 9.89. The lowest BCUT2D eigenvalue weighted by Crippen LogP contribution is -2.57. The number of ether oxygens (including phenoxy) is 1. The van der Waals surface area contributed by atoms with E-state index in [0.29, 0.717) is 11.4 Å². The number of hydrogen-bond donors (Lipinski definition) is 5. The van der Waals surface area contributed by atoms with Gasteiger partial charge in [0.25, 0.3) is 0 Å². The molecule has 0 unspecified atom stereocenters. The Morgan fingerprint density at radius 3 is 2.30 bits per heavy atom. The second-order valence-electron chi connectivity index (χ2n) is 4.75. The fourth-order valence-corrected chi connectivity index (χ4v) is 3.13. The zero-order valence-corrected chi connectivity index (χ0v) is 11.6. The average molecular weight is 301 g/mol. The zero-order valence-electron chi connectivity index (χ0n) is 10.8. The molecule has 6 nitrogen and oxygen atoms in total. The van der Waals surface area contributed by atoms with Crippen molar-refractivity contribution in [2.45, 2.75) is 35.6 Å². The molecule has 0 radical (unpaired) electrons. The van der Waals surface area contributed by atoms with Crippen molar-refractivity contribution in [2.75, 3.05) is 12.3 Å². The molecule has 5 atom stereocenters. The van der Waals surface area contributed by atoms with Crippen LogP contribution in [0, 0.1) is 0 Å². The highest BCUT2D eigenvalue weighted by Crippen LogP contribution is 2.30. The Kier molecular flexibility index (Phi) is 5.25. The highest BCUT2D eigenvalue weighted by atomic mass is 32.2. The number of nitrogens with two attached hydrogens (primary N) is 1. The number of hydrogen-bond acceptors (Lipinski definition) is 7. The maximum Gasteiger partial charge on any atom is 0.132 e. The van der Waals surface area contributed by atoms with Crippen LogP contribution in [0.15, 0.2) is 24.3 Å². The summed E-state index contributed by atoms with van der Waals surface area (Å²) in [5, 5.41) is 38.3. The summed E-state index contributed by atoms with van der Waals surface area (Å²) in [6.07, 6.45) is -4.71. The van der Waals surface area contributed by atoms with Gasteiger partial charge in [0, 0.05) is 11.4 Å². The van der Waals surface area contributed by atoms with E-state index in [-0.39, 0.29) is 0 Å². The lowest BCUT2D eigenvalue weighted by atomic mass is 10.0. The third-order valence-electron chi connectivity index (χ3n) is 3.24. The summed E-state index contributed by atoms with van der Waals surface area (Å²) < 4.78 is 5.40. The molecule has 0 spiro atoms. The van der Waals surface area contributed by atoms with Crippen molar-refractivity contribution < 1.29 is 25.2 Å². The van der Waals surface area contributed by atoms with Gasteiger partial charge in [-0.25, -0.2) is 0 Å². The van der Waals surface area contributed by atoms with Gasteiger partial charge in [-0.15, -0.1) is 11.8 Å². The summed E-state index contributed by atoms with van der Waals surface area (Å²) >= 11 is 1.29. The van der Waals surface area contributed by atoms with Gasteiger partial charge in [-0.2, -0.15) is 0 Å². The largest absolute Gasteiger partial charge is 0.399 e. The fourth-order valence-electron chi connectivity index (χ4n) is 2.00. The second-order valence-corrected chi connectivity index (χ2v) is 5.84. The molecule has 1 aromatic carbocycles. The first-order chi connectivity index (χ1) is 9.52. The molecular weight excluding hydrogens is 282 g/mol. The van der Waals surface area contributed by atoms with Crippen LogP contribution < -0.4 is 5.73 Å². The molecule has 1 aromatic rings. The molecule has 0 aliphatic carbocycles. The van der Waals surface area contributed by atoms with Gasteiger partial charge >= 0.3 is 0 Å². The molecule has 0 saturated carbocycles. The average Bonchev–Trinajstić information content (AvgIpc) is 2.46. The third-order valence-corrected chi connectivity index (χ3v) is 4.46. The van der Waals surface area contributed by atoms with Crippen molar-refractivity contribution in [3.63, 3.8) is 0 Å². The molecule has 0 amide bonds. The van der Waals surface area contributed by atoms with Gasteiger partial charge in [0.15, 0.2) is 0 Å². The van der Waals surface area contributed by atoms with Gasteiger partial charge in [-0.1, -0.05) is 12.1 Å². The first-order valence-corrected chi connectivity index (χ1v) is 7.34. The van der Waals surface area contributed by atoms with Crippen LogP contribution in [0.3, 0.4) is 0 Å². The molecule has 0 aromatic heterocycles. The van der Waals surface area contributed by atoms with Crippen molar-refractivity contribution >= 4 is 17.4 Å². The summed E-state index contributed by atoms with van der Waals surface area (Å²) in [6, 6.07) is 7.30. The minimum Gasteiger partial charge on any atom is -0.399 e. The SMILES string of the molecule is Nc1ccc(CS[C@H]2O[C@H](CO)[C@H](O)[C@H](O)[C@@H]2O)cc1. The van der Waals surface area contributed by atoms with E-state index in [9.17, 15) is 15.3 Å². The smallest absolute Gasteiger partial charge is 0.132 e. The topological polar surface area (TPSA) is 116 Å². The van der Waals surface area contributed by atoms with Gasteiger partial charge < -0.3 is 30.9 Å². The monoisotopic (exact) mass is 301 g/mol. The van der Waals surface area contributed by atoms with Crippen molar-refractivity contribution in [1.29, 1.82) is 0 Å². The van der Waals surface area contributed by atoms with E-state index in [0.717, 1.165) is 5.56 Å². The second kappa shape index (κ2) is 6.75. The molecule has 6 N–H and O–H groups in total. The Morgan fingerprint density at radius 1 is 1.05 bits per heavy atom. The van der Waals surface area contributed by atoms with Gasteiger partial charge in [-0.3, -0.25) is 0 Å². The summed E-state index contributed by atoms with van der Waals surface area (Å²) in [4.78, 5) is 0. The molecular formula is C13H19NO5S. The maximum atomic E-state index is 9.89. The van der Waals surface area contributed by atoms with E-state index in [4.69, 9.17) is 15.6 Å². The molecule has 1 aliphatic heterocycles. The van der Waals surface area contributed by atoms with Crippen LogP contribution in [-0.2, 0) is 10.5 Å². The van der Waals surface area contributed by atoms with Gasteiger partial charge in [0.1, 0.15) is 29.9 Å². The van der Waals surface area contributed by atoms with Crippen molar-refractivity contribution in [3.8, 4) is 0 Å². The highest BCUT2D eigenvalue weighted by Gasteiger charge is 2.43. The van der Waals surface area contributed by atoms with Crippen molar-refractivity contribution in [2.24, 2.45) is 0 Å². The van der Waals surface area contributed by atoms with E-state index in [2.05, 4.69) is 0 Å². The molecule has 112 valence electrons. The summed E-state index contributed by atoms with van der Waals surface area (Å²) in [6.45, 7) is -0.413. The molecule has 2 rings (SSSR count). The Morgan fingerprint density at radius 2 is 1.70 bits per heavy atom. The first-order valence-electron chi connectivity index (χ1n) is 6.29. The Balaban J connectivity index is 1.95. The fraction of sp³-hybridized carbons (Fsp3) is 0.538. The number of anilines is 1. The lowest BCUT2D eigenvalue weighted by Gasteiger charge is -2.39.